The van der Waals surface area contributed by atoms with Gasteiger partial charge in [0.05, 0.1) is 6.42 Å². The summed E-state index contributed by atoms with van der Waals surface area (Å²) in [5.74, 6) is -0.330. The zero-order valence-corrected chi connectivity index (χ0v) is 15.9. The molecule has 6 nitrogen and oxygen atoms in total. The van der Waals surface area contributed by atoms with Gasteiger partial charge in [0, 0.05) is 33.3 Å². The molecule has 3 rings (SSSR count). The molecule has 27 heavy (non-hydrogen) atoms. The van der Waals surface area contributed by atoms with Gasteiger partial charge in [0.15, 0.2) is 0 Å². The summed E-state index contributed by atoms with van der Waals surface area (Å²) in [5.41, 5.74) is -0.0726. The van der Waals surface area contributed by atoms with E-state index in [4.69, 9.17) is 4.74 Å². The molecule has 2 amide bonds. The standard InChI is InChI=1S/C20H28FN3O3/c1-27-20(6-8-22-9-7-20)19(26)24-11-3-10-23(12-13-24)18(25)15-16-4-2-5-17(21)14-16/h2,4-5,14,22H,3,6-13,15H2,1H3. The van der Waals surface area contributed by atoms with E-state index in [0.717, 1.165) is 19.5 Å². The lowest BCUT2D eigenvalue weighted by atomic mass is 9.90. The highest BCUT2D eigenvalue weighted by atomic mass is 19.1. The summed E-state index contributed by atoms with van der Waals surface area (Å²) in [6.07, 6.45) is 2.25. The third kappa shape index (κ3) is 4.65. The average molecular weight is 377 g/mol. The Balaban J connectivity index is 1.59. The van der Waals surface area contributed by atoms with Gasteiger partial charge in [-0.1, -0.05) is 12.1 Å². The number of piperidine rings is 1. The van der Waals surface area contributed by atoms with E-state index in [9.17, 15) is 14.0 Å². The number of ether oxygens (including phenoxy) is 1. The van der Waals surface area contributed by atoms with Crippen LogP contribution >= 0.6 is 0 Å². The van der Waals surface area contributed by atoms with Gasteiger partial charge in [-0.25, -0.2) is 4.39 Å². The van der Waals surface area contributed by atoms with Gasteiger partial charge < -0.3 is 19.9 Å². The number of amides is 2. The predicted octanol–water partition coefficient (Wildman–Crippen LogP) is 1.20. The molecule has 0 aromatic heterocycles. The maximum Gasteiger partial charge on any atom is 0.254 e. The lowest BCUT2D eigenvalue weighted by Gasteiger charge is -2.38. The molecule has 2 saturated heterocycles. The largest absolute Gasteiger partial charge is 0.368 e. The van der Waals surface area contributed by atoms with Crippen LogP contribution in [0.2, 0.25) is 0 Å². The number of rotatable bonds is 4. The van der Waals surface area contributed by atoms with Crippen LogP contribution in [0.3, 0.4) is 0 Å². The highest BCUT2D eigenvalue weighted by Gasteiger charge is 2.42. The minimum Gasteiger partial charge on any atom is -0.368 e. The van der Waals surface area contributed by atoms with Crippen LogP contribution in [0.1, 0.15) is 24.8 Å². The fourth-order valence-corrected chi connectivity index (χ4v) is 3.93. The second-order valence-corrected chi connectivity index (χ2v) is 7.28. The van der Waals surface area contributed by atoms with Gasteiger partial charge in [-0.3, -0.25) is 9.59 Å². The molecular weight excluding hydrogens is 349 g/mol. The van der Waals surface area contributed by atoms with Crippen molar-refractivity contribution in [3.63, 3.8) is 0 Å². The second-order valence-electron chi connectivity index (χ2n) is 7.28. The summed E-state index contributed by atoms with van der Waals surface area (Å²) in [6, 6.07) is 6.14. The van der Waals surface area contributed by atoms with Crippen LogP contribution < -0.4 is 5.32 Å². The van der Waals surface area contributed by atoms with Crippen molar-refractivity contribution in [2.75, 3.05) is 46.4 Å². The van der Waals surface area contributed by atoms with Crippen molar-refractivity contribution in [1.29, 1.82) is 0 Å². The molecule has 0 saturated carbocycles. The number of methoxy groups -OCH3 is 1. The molecule has 2 fully saturated rings. The van der Waals surface area contributed by atoms with Crippen LogP contribution in [0.4, 0.5) is 4.39 Å². The van der Waals surface area contributed by atoms with Gasteiger partial charge in [0.2, 0.25) is 5.91 Å². The van der Waals surface area contributed by atoms with E-state index in [1.807, 2.05) is 4.90 Å². The second kappa shape index (κ2) is 8.80. The Kier molecular flexibility index (Phi) is 6.44. The summed E-state index contributed by atoms with van der Waals surface area (Å²) >= 11 is 0. The van der Waals surface area contributed by atoms with Crippen molar-refractivity contribution in [2.45, 2.75) is 31.3 Å². The van der Waals surface area contributed by atoms with E-state index in [1.165, 1.54) is 12.1 Å². The van der Waals surface area contributed by atoms with E-state index in [1.54, 1.807) is 24.1 Å². The SMILES string of the molecule is COC1(C(=O)N2CCCN(C(=O)Cc3cccc(F)c3)CC2)CCNCC1. The smallest absolute Gasteiger partial charge is 0.254 e. The Hall–Kier alpha value is -1.99. The molecule has 0 bridgehead atoms. The maximum absolute atomic E-state index is 13.3. The number of halogens is 1. The van der Waals surface area contributed by atoms with Crippen molar-refractivity contribution in [3.05, 3.63) is 35.6 Å². The quantitative estimate of drug-likeness (QED) is 0.857. The van der Waals surface area contributed by atoms with Gasteiger partial charge in [-0.2, -0.15) is 0 Å². The Morgan fingerprint density at radius 3 is 2.56 bits per heavy atom. The number of hydrogen-bond donors (Lipinski definition) is 1. The molecule has 148 valence electrons. The fraction of sp³-hybridized carbons (Fsp3) is 0.600. The monoisotopic (exact) mass is 377 g/mol. The lowest BCUT2D eigenvalue weighted by molar-refractivity contribution is -0.158. The third-order valence-electron chi connectivity index (χ3n) is 5.57. The zero-order chi connectivity index (χ0) is 19.3. The van der Waals surface area contributed by atoms with E-state index in [-0.39, 0.29) is 24.1 Å². The van der Waals surface area contributed by atoms with Gasteiger partial charge in [0.1, 0.15) is 11.4 Å². The van der Waals surface area contributed by atoms with Crippen LogP contribution in [-0.4, -0.2) is 73.6 Å². The lowest BCUT2D eigenvalue weighted by Crippen LogP contribution is -2.56. The van der Waals surface area contributed by atoms with Crippen molar-refractivity contribution in [3.8, 4) is 0 Å². The first kappa shape index (κ1) is 19.8. The molecule has 2 heterocycles. The van der Waals surface area contributed by atoms with Crippen molar-refractivity contribution in [2.24, 2.45) is 0 Å². The first-order chi connectivity index (χ1) is 13.0. The van der Waals surface area contributed by atoms with E-state index in [0.29, 0.717) is 44.6 Å². The van der Waals surface area contributed by atoms with Gasteiger partial charge >= 0.3 is 0 Å². The van der Waals surface area contributed by atoms with E-state index < -0.39 is 5.60 Å². The fourth-order valence-electron chi connectivity index (χ4n) is 3.93. The average Bonchev–Trinajstić information content (AvgIpc) is 2.94. The van der Waals surface area contributed by atoms with Gasteiger partial charge in [-0.15, -0.1) is 0 Å². The maximum atomic E-state index is 13.3. The topological polar surface area (TPSA) is 61.9 Å². The highest BCUT2D eigenvalue weighted by Crippen LogP contribution is 2.26. The van der Waals surface area contributed by atoms with Gasteiger partial charge in [-0.05, 0) is 50.0 Å². The summed E-state index contributed by atoms with van der Waals surface area (Å²) in [7, 11) is 1.61. The highest BCUT2D eigenvalue weighted by molar-refractivity contribution is 5.86. The number of benzene rings is 1. The van der Waals surface area contributed by atoms with Crippen molar-refractivity contribution < 1.29 is 18.7 Å². The van der Waals surface area contributed by atoms with Gasteiger partial charge in [0.25, 0.3) is 5.91 Å². The third-order valence-corrected chi connectivity index (χ3v) is 5.57. The molecular formula is C20H28FN3O3. The molecule has 2 aliphatic rings. The predicted molar refractivity (Wildman–Crippen MR) is 99.7 cm³/mol. The Bertz CT molecular complexity index is 676. The minimum absolute atomic E-state index is 0.0294. The normalized spacial score (nSPS) is 20.2. The number of hydrogen-bond acceptors (Lipinski definition) is 4. The molecule has 0 spiro atoms. The Morgan fingerprint density at radius 2 is 1.85 bits per heavy atom. The Labute approximate surface area is 159 Å². The van der Waals surface area contributed by atoms with E-state index in [2.05, 4.69) is 5.32 Å². The molecule has 1 N–H and O–H groups in total. The molecule has 2 aliphatic heterocycles. The summed E-state index contributed by atoms with van der Waals surface area (Å²) in [6.45, 7) is 3.78. The van der Waals surface area contributed by atoms with Crippen molar-refractivity contribution in [1.82, 2.24) is 15.1 Å². The van der Waals surface area contributed by atoms with Crippen molar-refractivity contribution >= 4 is 11.8 Å². The number of carbonyl (C=O) groups excluding carboxylic acids is 2. The summed E-state index contributed by atoms with van der Waals surface area (Å²) < 4.78 is 19.0. The first-order valence-electron chi connectivity index (χ1n) is 9.61. The number of nitrogens with one attached hydrogen (secondary N) is 1. The molecule has 0 radical (unpaired) electrons. The minimum atomic E-state index is -0.744. The number of carbonyl (C=O) groups is 2. The molecule has 1 aromatic carbocycles. The van der Waals surface area contributed by atoms with Crippen LogP contribution in [0.5, 0.6) is 0 Å². The Morgan fingerprint density at radius 1 is 1.15 bits per heavy atom. The van der Waals surface area contributed by atoms with Crippen LogP contribution in [-0.2, 0) is 20.7 Å². The molecule has 7 heteroatoms. The van der Waals surface area contributed by atoms with E-state index >= 15 is 0 Å². The number of nitrogens with zero attached hydrogens (tertiary/aromatic N) is 2. The van der Waals surface area contributed by atoms with Crippen LogP contribution in [0, 0.1) is 5.82 Å². The summed E-state index contributed by atoms with van der Waals surface area (Å²) in [5, 5.41) is 3.26. The first-order valence-corrected chi connectivity index (χ1v) is 9.61. The molecule has 0 aliphatic carbocycles. The summed E-state index contributed by atoms with van der Waals surface area (Å²) in [4.78, 5) is 29.3. The van der Waals surface area contributed by atoms with Crippen LogP contribution in [0.25, 0.3) is 0 Å². The van der Waals surface area contributed by atoms with Crippen LogP contribution in [0.15, 0.2) is 24.3 Å². The molecule has 0 unspecified atom stereocenters. The molecule has 0 atom stereocenters. The zero-order valence-electron chi connectivity index (χ0n) is 15.9. The molecule has 1 aromatic rings.